The van der Waals surface area contributed by atoms with E-state index in [1.165, 1.54) is 4.90 Å². The van der Waals surface area contributed by atoms with Gasteiger partial charge in [-0.25, -0.2) is 4.79 Å². The lowest BCUT2D eigenvalue weighted by Gasteiger charge is -2.42. The first-order chi connectivity index (χ1) is 10.2. The van der Waals surface area contributed by atoms with Crippen LogP contribution in [0.5, 0.6) is 0 Å². The van der Waals surface area contributed by atoms with Crippen LogP contribution in [0.2, 0.25) is 0 Å². The van der Waals surface area contributed by atoms with E-state index in [2.05, 4.69) is 0 Å². The number of esters is 1. The number of benzene rings is 1. The van der Waals surface area contributed by atoms with E-state index in [0.717, 1.165) is 11.8 Å². The lowest BCUT2D eigenvalue weighted by Crippen LogP contribution is -2.58. The number of ether oxygens (including phenoxy) is 1. The SMILES string of the molecule is O=CCC1C(=O)N2C(C(=O)OCc3ccccc3)=CCC12. The molecular formula is C16H15NO4. The maximum atomic E-state index is 12.1. The predicted octanol–water partition coefficient (Wildman–Crippen LogP) is 1.43. The normalized spacial score (nSPS) is 23.1. The molecule has 0 bridgehead atoms. The van der Waals surface area contributed by atoms with E-state index in [-0.39, 0.29) is 30.9 Å². The summed E-state index contributed by atoms with van der Waals surface area (Å²) in [5, 5.41) is 0. The van der Waals surface area contributed by atoms with Gasteiger partial charge in [-0.1, -0.05) is 36.4 Å². The maximum absolute atomic E-state index is 12.1. The van der Waals surface area contributed by atoms with Crippen molar-refractivity contribution in [1.29, 1.82) is 0 Å². The van der Waals surface area contributed by atoms with Crippen LogP contribution < -0.4 is 0 Å². The molecule has 0 radical (unpaired) electrons. The first-order valence-electron chi connectivity index (χ1n) is 6.90. The minimum absolute atomic E-state index is 0.0537. The van der Waals surface area contributed by atoms with Crippen molar-refractivity contribution in [2.45, 2.75) is 25.5 Å². The summed E-state index contributed by atoms with van der Waals surface area (Å²) in [7, 11) is 0. The third-order valence-electron chi connectivity index (χ3n) is 3.94. The van der Waals surface area contributed by atoms with E-state index >= 15 is 0 Å². The average Bonchev–Trinajstić information content (AvgIpc) is 2.91. The number of carbonyl (C=O) groups is 3. The third kappa shape index (κ3) is 2.35. The molecule has 1 amide bonds. The zero-order valence-corrected chi connectivity index (χ0v) is 11.4. The number of hydrogen-bond donors (Lipinski definition) is 0. The highest BCUT2D eigenvalue weighted by molar-refractivity contribution is 6.00. The van der Waals surface area contributed by atoms with Gasteiger partial charge in [0.2, 0.25) is 5.91 Å². The Labute approximate surface area is 122 Å². The number of hydrogen-bond acceptors (Lipinski definition) is 4. The van der Waals surface area contributed by atoms with E-state index < -0.39 is 5.97 Å². The van der Waals surface area contributed by atoms with Crippen LogP contribution in [0, 0.1) is 5.92 Å². The Morgan fingerprint density at radius 2 is 2.10 bits per heavy atom. The highest BCUT2D eigenvalue weighted by atomic mass is 16.5. The molecule has 3 rings (SSSR count). The summed E-state index contributed by atoms with van der Waals surface area (Å²) in [6.45, 7) is 0.182. The Balaban J connectivity index is 1.60. The Bertz CT molecular complexity index is 608. The van der Waals surface area contributed by atoms with Gasteiger partial charge in [0.15, 0.2) is 0 Å². The quantitative estimate of drug-likeness (QED) is 0.466. The van der Waals surface area contributed by atoms with Gasteiger partial charge in [-0.3, -0.25) is 4.79 Å². The van der Waals surface area contributed by atoms with Crippen molar-refractivity contribution < 1.29 is 19.1 Å². The summed E-state index contributed by atoms with van der Waals surface area (Å²) >= 11 is 0. The Morgan fingerprint density at radius 1 is 1.33 bits per heavy atom. The Morgan fingerprint density at radius 3 is 2.81 bits per heavy atom. The van der Waals surface area contributed by atoms with Crippen LogP contribution in [0.25, 0.3) is 0 Å². The van der Waals surface area contributed by atoms with Gasteiger partial charge >= 0.3 is 5.97 Å². The van der Waals surface area contributed by atoms with Gasteiger partial charge in [0.05, 0.1) is 12.0 Å². The van der Waals surface area contributed by atoms with Crippen LogP contribution in [-0.2, 0) is 25.7 Å². The van der Waals surface area contributed by atoms with Crippen LogP contribution in [0.3, 0.4) is 0 Å². The lowest BCUT2D eigenvalue weighted by atomic mass is 9.85. The number of aldehydes is 1. The maximum Gasteiger partial charge on any atom is 0.355 e. The molecule has 0 spiro atoms. The lowest BCUT2D eigenvalue weighted by molar-refractivity contribution is -0.157. The monoisotopic (exact) mass is 285 g/mol. The first kappa shape index (κ1) is 13.5. The molecule has 108 valence electrons. The predicted molar refractivity (Wildman–Crippen MR) is 73.7 cm³/mol. The summed E-state index contributed by atoms with van der Waals surface area (Å²) in [5.74, 6) is -0.926. The van der Waals surface area contributed by atoms with Crippen molar-refractivity contribution in [3.63, 3.8) is 0 Å². The molecule has 0 N–H and O–H groups in total. The molecule has 0 aliphatic carbocycles. The van der Waals surface area contributed by atoms with Crippen molar-refractivity contribution in [3.8, 4) is 0 Å². The van der Waals surface area contributed by atoms with Crippen molar-refractivity contribution in [1.82, 2.24) is 4.90 Å². The molecule has 1 aromatic carbocycles. The molecule has 5 nitrogen and oxygen atoms in total. The molecule has 5 heteroatoms. The Kier molecular flexibility index (Phi) is 3.56. The topological polar surface area (TPSA) is 63.7 Å². The van der Waals surface area contributed by atoms with Gasteiger partial charge in [0, 0.05) is 6.42 Å². The molecular weight excluding hydrogens is 270 g/mol. The van der Waals surface area contributed by atoms with Crippen LogP contribution in [0.15, 0.2) is 42.1 Å². The van der Waals surface area contributed by atoms with Gasteiger partial charge in [0.25, 0.3) is 0 Å². The fourth-order valence-electron chi connectivity index (χ4n) is 2.84. The molecule has 2 aliphatic heterocycles. The van der Waals surface area contributed by atoms with Gasteiger partial charge in [-0.05, 0) is 12.0 Å². The zero-order valence-electron chi connectivity index (χ0n) is 11.4. The minimum atomic E-state index is -0.487. The van der Waals surface area contributed by atoms with Gasteiger partial charge in [-0.2, -0.15) is 0 Å². The van der Waals surface area contributed by atoms with Crippen molar-refractivity contribution in [2.24, 2.45) is 5.92 Å². The van der Waals surface area contributed by atoms with Crippen LogP contribution in [0.4, 0.5) is 0 Å². The summed E-state index contributed by atoms with van der Waals surface area (Å²) in [4.78, 5) is 36.0. The fourth-order valence-corrected chi connectivity index (χ4v) is 2.84. The summed E-state index contributed by atoms with van der Waals surface area (Å²) in [6, 6.07) is 9.32. The first-order valence-corrected chi connectivity index (χ1v) is 6.90. The zero-order chi connectivity index (χ0) is 14.8. The summed E-state index contributed by atoms with van der Waals surface area (Å²) in [6.07, 6.45) is 3.31. The standard InChI is InChI=1S/C16H15NO4/c18-9-8-12-13-6-7-14(17(13)15(12)19)16(20)21-10-11-4-2-1-3-5-11/h1-5,7,9,12-13H,6,8,10H2. The second kappa shape index (κ2) is 5.52. The number of nitrogens with zero attached hydrogens (tertiary/aromatic N) is 1. The number of rotatable bonds is 5. The molecule has 0 aromatic heterocycles. The van der Waals surface area contributed by atoms with E-state index in [1.54, 1.807) is 6.08 Å². The molecule has 2 heterocycles. The number of amides is 1. The second-order valence-corrected chi connectivity index (χ2v) is 5.17. The van der Waals surface area contributed by atoms with Gasteiger partial charge < -0.3 is 14.4 Å². The molecule has 21 heavy (non-hydrogen) atoms. The highest BCUT2D eigenvalue weighted by Gasteiger charge is 2.52. The molecule has 2 atom stereocenters. The molecule has 1 aromatic rings. The van der Waals surface area contributed by atoms with Crippen molar-refractivity contribution in [3.05, 3.63) is 47.7 Å². The average molecular weight is 285 g/mol. The van der Waals surface area contributed by atoms with Crippen molar-refractivity contribution in [2.75, 3.05) is 0 Å². The Hall–Kier alpha value is -2.43. The van der Waals surface area contributed by atoms with Crippen LogP contribution >= 0.6 is 0 Å². The summed E-state index contributed by atoms with van der Waals surface area (Å²) in [5.41, 5.74) is 1.21. The van der Waals surface area contributed by atoms with E-state index in [1.807, 2.05) is 30.3 Å². The smallest absolute Gasteiger partial charge is 0.355 e. The molecule has 2 aliphatic rings. The van der Waals surface area contributed by atoms with E-state index in [4.69, 9.17) is 4.74 Å². The van der Waals surface area contributed by atoms with Crippen LogP contribution in [0.1, 0.15) is 18.4 Å². The molecule has 0 saturated carbocycles. The molecule has 1 fully saturated rings. The van der Waals surface area contributed by atoms with E-state index in [9.17, 15) is 14.4 Å². The number of carbonyl (C=O) groups excluding carboxylic acids is 3. The van der Waals surface area contributed by atoms with Crippen LogP contribution in [-0.4, -0.2) is 29.1 Å². The fraction of sp³-hybridized carbons (Fsp3) is 0.312. The van der Waals surface area contributed by atoms with Gasteiger partial charge in [-0.15, -0.1) is 0 Å². The number of fused-ring (bicyclic) bond motifs is 1. The number of β-lactam (4-membered cyclic amide) rings is 1. The summed E-state index contributed by atoms with van der Waals surface area (Å²) < 4.78 is 5.24. The van der Waals surface area contributed by atoms with E-state index in [0.29, 0.717) is 12.1 Å². The molecule has 1 saturated heterocycles. The second-order valence-electron chi connectivity index (χ2n) is 5.17. The highest BCUT2D eigenvalue weighted by Crippen LogP contribution is 2.40. The van der Waals surface area contributed by atoms with Crippen molar-refractivity contribution >= 4 is 18.2 Å². The van der Waals surface area contributed by atoms with Gasteiger partial charge in [0.1, 0.15) is 18.6 Å². The largest absolute Gasteiger partial charge is 0.456 e. The third-order valence-corrected chi connectivity index (χ3v) is 3.94. The molecule has 2 unspecified atom stereocenters. The minimum Gasteiger partial charge on any atom is -0.456 e.